The number of anilines is 1. The summed E-state index contributed by atoms with van der Waals surface area (Å²) in [5.41, 5.74) is 1.11. The van der Waals surface area contributed by atoms with Crippen molar-refractivity contribution in [1.82, 2.24) is 15.0 Å². The summed E-state index contributed by atoms with van der Waals surface area (Å²) in [6, 6.07) is 2.05. The molecule has 0 radical (unpaired) electrons. The second-order valence-corrected chi connectivity index (χ2v) is 6.52. The average molecular weight is 308 g/mol. The number of thioether (sulfide) groups is 1. The Morgan fingerprint density at radius 2 is 2.20 bits per heavy atom. The molecule has 20 heavy (non-hydrogen) atoms. The molecule has 0 bridgehead atoms. The fourth-order valence-electron chi connectivity index (χ4n) is 2.00. The molecule has 0 saturated carbocycles. The largest absolute Gasteiger partial charge is 0.378 e. The first-order chi connectivity index (χ1) is 9.81. The van der Waals surface area contributed by atoms with E-state index in [2.05, 4.69) is 31.3 Å². The van der Waals surface area contributed by atoms with Crippen molar-refractivity contribution in [2.45, 2.75) is 17.7 Å². The molecule has 0 aromatic carbocycles. The Labute approximate surface area is 126 Å². The highest BCUT2D eigenvalue weighted by Gasteiger charge is 2.13. The van der Waals surface area contributed by atoms with Crippen molar-refractivity contribution >= 4 is 28.9 Å². The molecule has 0 atom stereocenters. The second-order valence-electron chi connectivity index (χ2n) is 4.46. The summed E-state index contributed by atoms with van der Waals surface area (Å²) in [6.07, 6.45) is 1.64. The van der Waals surface area contributed by atoms with Gasteiger partial charge < -0.3 is 9.64 Å². The van der Waals surface area contributed by atoms with E-state index in [0.717, 1.165) is 53.6 Å². The predicted octanol–water partition coefficient (Wildman–Crippen LogP) is 2.37. The maximum Gasteiger partial charge on any atom is 0.133 e. The maximum atomic E-state index is 5.36. The second kappa shape index (κ2) is 6.51. The van der Waals surface area contributed by atoms with Gasteiger partial charge in [-0.1, -0.05) is 11.8 Å². The molecule has 1 aliphatic heterocycles. The summed E-state index contributed by atoms with van der Waals surface area (Å²) in [6.45, 7) is 5.36. The van der Waals surface area contributed by atoms with Gasteiger partial charge in [0.25, 0.3) is 0 Å². The fourth-order valence-corrected chi connectivity index (χ4v) is 3.47. The lowest BCUT2D eigenvalue weighted by molar-refractivity contribution is 0.122. The molecule has 0 unspecified atom stereocenters. The summed E-state index contributed by atoms with van der Waals surface area (Å²) < 4.78 is 5.36. The van der Waals surface area contributed by atoms with Crippen molar-refractivity contribution in [3.05, 3.63) is 28.5 Å². The number of morpholine rings is 1. The Hall–Kier alpha value is -1.18. The number of rotatable bonds is 4. The highest BCUT2D eigenvalue weighted by molar-refractivity contribution is 7.98. The van der Waals surface area contributed by atoms with Gasteiger partial charge in [-0.05, 0) is 6.92 Å². The minimum Gasteiger partial charge on any atom is -0.378 e. The lowest BCUT2D eigenvalue weighted by Crippen LogP contribution is -2.36. The van der Waals surface area contributed by atoms with E-state index in [1.807, 2.05) is 6.92 Å². The SMILES string of the molecule is Cc1nc(CSc2cc(N3CCOCC3)ncn2)cs1. The van der Waals surface area contributed by atoms with Crippen molar-refractivity contribution in [2.24, 2.45) is 0 Å². The molecule has 2 aromatic heterocycles. The molecule has 0 amide bonds. The summed E-state index contributed by atoms with van der Waals surface area (Å²) >= 11 is 3.39. The number of nitrogens with zero attached hydrogens (tertiary/aromatic N) is 4. The smallest absolute Gasteiger partial charge is 0.133 e. The van der Waals surface area contributed by atoms with Gasteiger partial charge in [0.15, 0.2) is 0 Å². The molecule has 1 saturated heterocycles. The van der Waals surface area contributed by atoms with Crippen LogP contribution in [0.2, 0.25) is 0 Å². The van der Waals surface area contributed by atoms with Gasteiger partial charge in [0, 0.05) is 30.3 Å². The van der Waals surface area contributed by atoms with Crippen LogP contribution in [0.1, 0.15) is 10.7 Å². The van der Waals surface area contributed by atoms with Gasteiger partial charge in [-0.15, -0.1) is 11.3 Å². The van der Waals surface area contributed by atoms with Crippen LogP contribution in [0.4, 0.5) is 5.82 Å². The van der Waals surface area contributed by atoms with Crippen molar-refractivity contribution in [3.8, 4) is 0 Å². The predicted molar refractivity (Wildman–Crippen MR) is 81.5 cm³/mol. The molecule has 0 spiro atoms. The molecule has 7 heteroatoms. The molecule has 3 heterocycles. The van der Waals surface area contributed by atoms with Crippen molar-refractivity contribution in [2.75, 3.05) is 31.2 Å². The normalized spacial score (nSPS) is 15.6. The van der Waals surface area contributed by atoms with Crippen molar-refractivity contribution < 1.29 is 4.74 Å². The standard InChI is InChI=1S/C13H16N4OS2/c1-10-16-11(7-19-10)8-20-13-6-12(14-9-15-13)17-2-4-18-5-3-17/h6-7,9H,2-5,8H2,1H3. The van der Waals surface area contributed by atoms with Crippen LogP contribution in [0.5, 0.6) is 0 Å². The first-order valence-corrected chi connectivity index (χ1v) is 8.36. The van der Waals surface area contributed by atoms with Crippen LogP contribution in [0.3, 0.4) is 0 Å². The van der Waals surface area contributed by atoms with Crippen molar-refractivity contribution in [1.29, 1.82) is 0 Å². The summed E-state index contributed by atoms with van der Waals surface area (Å²) in [5.74, 6) is 1.84. The number of aryl methyl sites for hydroxylation is 1. The number of ether oxygens (including phenoxy) is 1. The third-order valence-corrected chi connectivity index (χ3v) is 4.78. The van der Waals surface area contributed by atoms with E-state index in [4.69, 9.17) is 4.74 Å². The van der Waals surface area contributed by atoms with E-state index in [9.17, 15) is 0 Å². The zero-order valence-corrected chi connectivity index (χ0v) is 12.9. The van der Waals surface area contributed by atoms with Gasteiger partial charge in [-0.25, -0.2) is 15.0 Å². The molecule has 0 aliphatic carbocycles. The topological polar surface area (TPSA) is 51.1 Å². The summed E-state index contributed by atoms with van der Waals surface area (Å²) in [7, 11) is 0. The lowest BCUT2D eigenvalue weighted by Gasteiger charge is -2.27. The van der Waals surface area contributed by atoms with Crippen LogP contribution < -0.4 is 4.90 Å². The molecule has 2 aromatic rings. The molecule has 1 aliphatic rings. The highest BCUT2D eigenvalue weighted by atomic mass is 32.2. The third-order valence-electron chi connectivity index (χ3n) is 3.00. The first kappa shape index (κ1) is 13.8. The van der Waals surface area contributed by atoms with Crippen LogP contribution in [-0.2, 0) is 10.5 Å². The number of aromatic nitrogens is 3. The minimum atomic E-state index is 0.768. The molecule has 5 nitrogen and oxygen atoms in total. The van der Waals surface area contributed by atoms with Crippen LogP contribution >= 0.6 is 23.1 Å². The lowest BCUT2D eigenvalue weighted by atomic mass is 10.4. The van der Waals surface area contributed by atoms with Crippen LogP contribution in [0, 0.1) is 6.92 Å². The van der Waals surface area contributed by atoms with Crippen LogP contribution in [0.25, 0.3) is 0 Å². The van der Waals surface area contributed by atoms with Gasteiger partial charge in [0.2, 0.25) is 0 Å². The summed E-state index contributed by atoms with van der Waals surface area (Å²) in [5, 5.41) is 4.20. The number of hydrogen-bond donors (Lipinski definition) is 0. The van der Waals surface area contributed by atoms with Gasteiger partial charge in [-0.3, -0.25) is 0 Å². The Morgan fingerprint density at radius 3 is 2.95 bits per heavy atom. The average Bonchev–Trinajstić information content (AvgIpc) is 2.92. The van der Waals surface area contributed by atoms with E-state index in [1.165, 1.54) is 0 Å². The summed E-state index contributed by atoms with van der Waals surface area (Å²) in [4.78, 5) is 15.4. The Kier molecular flexibility index (Phi) is 4.49. The Bertz CT molecular complexity index is 569. The fraction of sp³-hybridized carbons (Fsp3) is 0.462. The van der Waals surface area contributed by atoms with Gasteiger partial charge in [-0.2, -0.15) is 0 Å². The first-order valence-electron chi connectivity index (χ1n) is 6.50. The molecule has 0 N–H and O–H groups in total. The monoisotopic (exact) mass is 308 g/mol. The van der Waals surface area contributed by atoms with Crippen LogP contribution in [-0.4, -0.2) is 41.3 Å². The van der Waals surface area contributed by atoms with E-state index < -0.39 is 0 Å². The number of thiazole rings is 1. The van der Waals surface area contributed by atoms with Gasteiger partial charge in [0.1, 0.15) is 17.2 Å². The van der Waals surface area contributed by atoms with E-state index in [1.54, 1.807) is 29.4 Å². The third kappa shape index (κ3) is 3.47. The molecular formula is C13H16N4OS2. The van der Waals surface area contributed by atoms with E-state index >= 15 is 0 Å². The van der Waals surface area contributed by atoms with Gasteiger partial charge in [0.05, 0.1) is 23.9 Å². The van der Waals surface area contributed by atoms with E-state index in [0.29, 0.717) is 0 Å². The molecule has 106 valence electrons. The van der Waals surface area contributed by atoms with E-state index in [-0.39, 0.29) is 0 Å². The Balaban J connectivity index is 1.64. The minimum absolute atomic E-state index is 0.768. The number of hydrogen-bond acceptors (Lipinski definition) is 7. The van der Waals surface area contributed by atoms with Gasteiger partial charge >= 0.3 is 0 Å². The van der Waals surface area contributed by atoms with Crippen LogP contribution in [0.15, 0.2) is 22.8 Å². The highest BCUT2D eigenvalue weighted by Crippen LogP contribution is 2.24. The quantitative estimate of drug-likeness (QED) is 0.638. The zero-order valence-electron chi connectivity index (χ0n) is 11.3. The van der Waals surface area contributed by atoms with Crippen molar-refractivity contribution in [3.63, 3.8) is 0 Å². The molecule has 1 fully saturated rings. The maximum absolute atomic E-state index is 5.36. The Morgan fingerprint density at radius 1 is 1.35 bits per heavy atom. The molecule has 3 rings (SSSR count). The zero-order chi connectivity index (χ0) is 13.8. The molecular weight excluding hydrogens is 292 g/mol.